The van der Waals surface area contributed by atoms with Crippen LogP contribution >= 0.6 is 0 Å². The SMILES string of the molecule is Cc1nc(Cn2c(=O)c(C)c3nc(N4CCC[C@@H](N)C4)[nH]n3c2=O)nc2ccc(F)cc12. The highest BCUT2D eigenvalue weighted by atomic mass is 19.1. The number of aromatic nitrogens is 6. The lowest BCUT2D eigenvalue weighted by molar-refractivity contribution is 0.499. The molecule has 0 aliphatic carbocycles. The molecule has 166 valence electrons. The average Bonchev–Trinajstić information content (AvgIpc) is 3.22. The third-order valence-electron chi connectivity index (χ3n) is 5.91. The van der Waals surface area contributed by atoms with Crippen LogP contribution in [0, 0.1) is 19.7 Å². The summed E-state index contributed by atoms with van der Waals surface area (Å²) < 4.78 is 15.9. The van der Waals surface area contributed by atoms with Crippen molar-refractivity contribution in [2.24, 2.45) is 5.73 Å². The molecule has 1 aromatic carbocycles. The van der Waals surface area contributed by atoms with E-state index in [1.165, 1.54) is 16.6 Å². The number of aryl methyl sites for hydroxylation is 2. The molecular formula is C21H23FN8O2. The van der Waals surface area contributed by atoms with Crippen LogP contribution in [0.5, 0.6) is 0 Å². The lowest BCUT2D eigenvalue weighted by Crippen LogP contribution is -2.43. The topological polar surface area (TPSA) is 127 Å². The van der Waals surface area contributed by atoms with Crippen LogP contribution in [0.4, 0.5) is 10.3 Å². The van der Waals surface area contributed by atoms with Gasteiger partial charge in [0.2, 0.25) is 5.95 Å². The van der Waals surface area contributed by atoms with Gasteiger partial charge in [-0.15, -0.1) is 0 Å². The Labute approximate surface area is 181 Å². The van der Waals surface area contributed by atoms with Crippen molar-refractivity contribution in [2.45, 2.75) is 39.3 Å². The number of hydrogen-bond acceptors (Lipinski definition) is 7. The Kier molecular flexibility index (Phi) is 4.77. The maximum Gasteiger partial charge on any atom is 0.352 e. The number of nitrogens with zero attached hydrogens (tertiary/aromatic N) is 6. The number of rotatable bonds is 3. The lowest BCUT2D eigenvalue weighted by atomic mass is 10.1. The Hall–Kier alpha value is -3.60. The van der Waals surface area contributed by atoms with Gasteiger partial charge in [0.05, 0.1) is 17.6 Å². The molecule has 0 spiro atoms. The highest BCUT2D eigenvalue weighted by molar-refractivity contribution is 5.80. The summed E-state index contributed by atoms with van der Waals surface area (Å²) in [4.78, 5) is 41.5. The average molecular weight is 438 g/mol. The molecule has 1 atom stereocenters. The van der Waals surface area contributed by atoms with E-state index in [0.717, 1.165) is 24.0 Å². The number of benzene rings is 1. The van der Waals surface area contributed by atoms with Gasteiger partial charge in [-0.2, -0.15) is 9.50 Å². The molecule has 10 nitrogen and oxygen atoms in total. The van der Waals surface area contributed by atoms with Gasteiger partial charge in [-0.1, -0.05) is 0 Å². The van der Waals surface area contributed by atoms with Crippen LogP contribution in [0.25, 0.3) is 16.6 Å². The molecule has 4 heterocycles. The summed E-state index contributed by atoms with van der Waals surface area (Å²) in [6, 6.07) is 4.27. The third kappa shape index (κ3) is 3.34. The fraction of sp³-hybridized carbons (Fsp3) is 0.381. The second-order valence-electron chi connectivity index (χ2n) is 8.24. The van der Waals surface area contributed by atoms with E-state index in [4.69, 9.17) is 5.73 Å². The van der Waals surface area contributed by atoms with Gasteiger partial charge in [0.1, 0.15) is 11.6 Å². The van der Waals surface area contributed by atoms with Crippen molar-refractivity contribution in [2.75, 3.05) is 18.0 Å². The standard InChI is InChI=1S/C21H23FN8O2/c1-11-18-26-20(28-7-3-4-14(23)9-28)27-30(18)21(32)29(19(11)31)10-17-24-12(2)15-8-13(22)5-6-16(15)25-17/h5-6,8,14H,3-4,7,9-10,23H2,1-2H3,(H,26,27)/t14-/m1/s1. The first-order valence-corrected chi connectivity index (χ1v) is 10.5. The predicted octanol–water partition coefficient (Wildman–Crippen LogP) is 0.859. The van der Waals surface area contributed by atoms with E-state index < -0.39 is 11.2 Å². The van der Waals surface area contributed by atoms with Gasteiger partial charge < -0.3 is 10.6 Å². The number of H-pyrrole nitrogens is 1. The molecule has 0 bridgehead atoms. The number of halogens is 1. The van der Waals surface area contributed by atoms with Crippen molar-refractivity contribution in [1.82, 2.24) is 29.1 Å². The summed E-state index contributed by atoms with van der Waals surface area (Å²) >= 11 is 0. The van der Waals surface area contributed by atoms with Crippen LogP contribution in [0.2, 0.25) is 0 Å². The molecule has 0 radical (unpaired) electrons. The number of nitrogens with two attached hydrogens (primary N) is 1. The van der Waals surface area contributed by atoms with Gasteiger partial charge in [0, 0.05) is 30.2 Å². The molecule has 3 N–H and O–H groups in total. The molecule has 1 saturated heterocycles. The van der Waals surface area contributed by atoms with Crippen LogP contribution in [0.1, 0.15) is 29.9 Å². The maximum atomic E-state index is 13.6. The number of hydrogen-bond donors (Lipinski definition) is 2. The van der Waals surface area contributed by atoms with Crippen LogP contribution in [-0.2, 0) is 6.54 Å². The van der Waals surface area contributed by atoms with E-state index in [1.807, 2.05) is 4.90 Å². The van der Waals surface area contributed by atoms with Gasteiger partial charge in [0.15, 0.2) is 5.65 Å². The Morgan fingerprint density at radius 3 is 2.81 bits per heavy atom. The summed E-state index contributed by atoms with van der Waals surface area (Å²) in [5, 5.41) is 3.60. The molecule has 1 aliphatic rings. The zero-order chi connectivity index (χ0) is 22.6. The summed E-state index contributed by atoms with van der Waals surface area (Å²) in [7, 11) is 0. The molecule has 32 heavy (non-hydrogen) atoms. The van der Waals surface area contributed by atoms with E-state index in [-0.39, 0.29) is 24.1 Å². The van der Waals surface area contributed by atoms with Crippen molar-refractivity contribution in [3.05, 3.63) is 61.9 Å². The summed E-state index contributed by atoms with van der Waals surface area (Å²) in [6.07, 6.45) is 1.87. The predicted molar refractivity (Wildman–Crippen MR) is 118 cm³/mol. The summed E-state index contributed by atoms with van der Waals surface area (Å²) in [6.45, 7) is 4.66. The second kappa shape index (κ2) is 7.52. The Morgan fingerprint density at radius 2 is 2.03 bits per heavy atom. The van der Waals surface area contributed by atoms with Gasteiger partial charge in [0.25, 0.3) is 5.56 Å². The monoisotopic (exact) mass is 438 g/mol. The highest BCUT2D eigenvalue weighted by Crippen LogP contribution is 2.18. The normalized spacial score (nSPS) is 16.9. The molecule has 11 heteroatoms. The van der Waals surface area contributed by atoms with Gasteiger partial charge in [-0.05, 0) is 44.9 Å². The number of aromatic amines is 1. The largest absolute Gasteiger partial charge is 0.352 e. The fourth-order valence-corrected chi connectivity index (χ4v) is 4.23. The van der Waals surface area contributed by atoms with E-state index in [0.29, 0.717) is 40.5 Å². The number of nitrogens with one attached hydrogen (secondary N) is 1. The van der Waals surface area contributed by atoms with E-state index >= 15 is 0 Å². The van der Waals surface area contributed by atoms with E-state index in [2.05, 4.69) is 20.1 Å². The smallest absolute Gasteiger partial charge is 0.340 e. The van der Waals surface area contributed by atoms with Crippen LogP contribution in [-0.4, -0.2) is 48.3 Å². The number of piperidine rings is 1. The van der Waals surface area contributed by atoms with E-state index in [1.54, 1.807) is 19.9 Å². The Balaban J connectivity index is 1.59. The second-order valence-corrected chi connectivity index (χ2v) is 8.24. The lowest BCUT2D eigenvalue weighted by Gasteiger charge is -2.29. The molecule has 5 rings (SSSR count). The molecule has 0 amide bonds. The van der Waals surface area contributed by atoms with Crippen molar-refractivity contribution in [1.29, 1.82) is 0 Å². The Bertz CT molecular complexity index is 1470. The maximum absolute atomic E-state index is 13.6. The molecule has 1 fully saturated rings. The molecule has 0 unspecified atom stereocenters. The van der Waals surface area contributed by atoms with Gasteiger partial charge in [-0.3, -0.25) is 14.5 Å². The first-order chi connectivity index (χ1) is 15.3. The minimum atomic E-state index is -0.559. The first kappa shape index (κ1) is 20.3. The fourth-order valence-electron chi connectivity index (χ4n) is 4.23. The zero-order valence-corrected chi connectivity index (χ0v) is 17.8. The van der Waals surface area contributed by atoms with E-state index in [9.17, 15) is 14.0 Å². The Morgan fingerprint density at radius 1 is 1.22 bits per heavy atom. The summed E-state index contributed by atoms with van der Waals surface area (Å²) in [5.74, 6) is 0.427. The highest BCUT2D eigenvalue weighted by Gasteiger charge is 2.22. The molecule has 4 aromatic rings. The quantitative estimate of drug-likeness (QED) is 0.486. The number of anilines is 1. The third-order valence-corrected chi connectivity index (χ3v) is 5.91. The summed E-state index contributed by atoms with van der Waals surface area (Å²) in [5.41, 5.74) is 6.80. The molecule has 3 aromatic heterocycles. The van der Waals surface area contributed by atoms with Crippen molar-refractivity contribution >= 4 is 22.5 Å². The minimum absolute atomic E-state index is 0.0385. The number of fused-ring (bicyclic) bond motifs is 2. The van der Waals surface area contributed by atoms with Crippen molar-refractivity contribution < 1.29 is 4.39 Å². The zero-order valence-electron chi connectivity index (χ0n) is 17.8. The first-order valence-electron chi connectivity index (χ1n) is 10.5. The van der Waals surface area contributed by atoms with Gasteiger partial charge >= 0.3 is 5.69 Å². The molecule has 1 aliphatic heterocycles. The van der Waals surface area contributed by atoms with Gasteiger partial charge in [-0.25, -0.2) is 19.2 Å². The van der Waals surface area contributed by atoms with Crippen LogP contribution in [0.15, 0.2) is 27.8 Å². The van der Waals surface area contributed by atoms with Crippen LogP contribution < -0.4 is 21.9 Å². The minimum Gasteiger partial charge on any atom is -0.340 e. The van der Waals surface area contributed by atoms with Crippen LogP contribution in [0.3, 0.4) is 0 Å². The van der Waals surface area contributed by atoms with Crippen molar-refractivity contribution in [3.63, 3.8) is 0 Å². The van der Waals surface area contributed by atoms with Crippen molar-refractivity contribution in [3.8, 4) is 0 Å². The molecular weight excluding hydrogens is 415 g/mol. The molecule has 0 saturated carbocycles.